The first-order valence-corrected chi connectivity index (χ1v) is 4.43. The van der Waals surface area contributed by atoms with Crippen molar-refractivity contribution < 1.29 is 5.11 Å². The standard InChI is InChI=1S/C8H16N2O/c9-6-3-7(4-6)10-2-1-8(11)5-10/h6-8,11H,1-5,9H2/t6?,7?,8-/m1/s1. The molecule has 2 rings (SSSR count). The first-order chi connectivity index (χ1) is 5.25. The first kappa shape index (κ1) is 7.53. The van der Waals surface area contributed by atoms with Gasteiger partial charge in [-0.2, -0.15) is 0 Å². The molecule has 1 aliphatic heterocycles. The van der Waals surface area contributed by atoms with Crippen molar-refractivity contribution >= 4 is 0 Å². The van der Waals surface area contributed by atoms with E-state index in [9.17, 15) is 5.11 Å². The second-order valence-corrected chi connectivity index (χ2v) is 3.82. The van der Waals surface area contributed by atoms with Crippen molar-refractivity contribution in [2.75, 3.05) is 13.1 Å². The van der Waals surface area contributed by atoms with Crippen molar-refractivity contribution in [2.45, 2.75) is 37.5 Å². The van der Waals surface area contributed by atoms with Crippen LogP contribution in [-0.2, 0) is 0 Å². The zero-order valence-electron chi connectivity index (χ0n) is 6.74. The SMILES string of the molecule is NC1CC(N2CC[C@@H](O)C2)C1. The lowest BCUT2D eigenvalue weighted by atomic mass is 9.86. The fourth-order valence-corrected chi connectivity index (χ4v) is 2.03. The molecule has 11 heavy (non-hydrogen) atoms. The van der Waals surface area contributed by atoms with Crippen LogP contribution in [0.25, 0.3) is 0 Å². The highest BCUT2D eigenvalue weighted by molar-refractivity contribution is 4.92. The van der Waals surface area contributed by atoms with Gasteiger partial charge < -0.3 is 10.8 Å². The quantitative estimate of drug-likeness (QED) is 0.540. The number of likely N-dealkylation sites (tertiary alicyclic amines) is 1. The van der Waals surface area contributed by atoms with Gasteiger partial charge in [-0.1, -0.05) is 0 Å². The van der Waals surface area contributed by atoms with Crippen LogP contribution in [-0.4, -0.2) is 41.3 Å². The predicted octanol–water partition coefficient (Wildman–Crippen LogP) is -0.457. The number of nitrogens with two attached hydrogens (primary N) is 1. The predicted molar refractivity (Wildman–Crippen MR) is 43.2 cm³/mol. The van der Waals surface area contributed by atoms with E-state index in [1.54, 1.807) is 0 Å². The number of β-amino-alcohol motifs (C(OH)–C–C–N with tert-alkyl or cyclic N) is 1. The summed E-state index contributed by atoms with van der Waals surface area (Å²) in [4.78, 5) is 2.37. The normalized spacial score (nSPS) is 45.8. The molecule has 0 amide bonds. The van der Waals surface area contributed by atoms with Crippen LogP contribution in [0.5, 0.6) is 0 Å². The molecule has 0 radical (unpaired) electrons. The van der Waals surface area contributed by atoms with E-state index in [0.29, 0.717) is 12.1 Å². The highest BCUT2D eigenvalue weighted by atomic mass is 16.3. The van der Waals surface area contributed by atoms with Crippen molar-refractivity contribution in [3.63, 3.8) is 0 Å². The molecule has 1 heterocycles. The summed E-state index contributed by atoms with van der Waals surface area (Å²) < 4.78 is 0. The van der Waals surface area contributed by atoms with E-state index in [2.05, 4.69) is 4.90 Å². The maximum Gasteiger partial charge on any atom is 0.0679 e. The van der Waals surface area contributed by atoms with Crippen molar-refractivity contribution in [3.8, 4) is 0 Å². The molecule has 0 aromatic rings. The van der Waals surface area contributed by atoms with Gasteiger partial charge in [0.05, 0.1) is 6.10 Å². The minimum atomic E-state index is -0.0770. The molecule has 1 atom stereocenters. The molecule has 0 unspecified atom stereocenters. The lowest BCUT2D eigenvalue weighted by molar-refractivity contribution is 0.111. The lowest BCUT2D eigenvalue weighted by Gasteiger charge is -2.39. The Labute approximate surface area is 67.2 Å². The third kappa shape index (κ3) is 1.41. The van der Waals surface area contributed by atoms with Gasteiger partial charge in [0.2, 0.25) is 0 Å². The molecule has 3 N–H and O–H groups in total. The summed E-state index contributed by atoms with van der Waals surface area (Å²) in [6.07, 6.45) is 3.14. The topological polar surface area (TPSA) is 49.5 Å². The van der Waals surface area contributed by atoms with Crippen molar-refractivity contribution in [1.29, 1.82) is 0 Å². The van der Waals surface area contributed by atoms with Crippen LogP contribution in [0.4, 0.5) is 0 Å². The van der Waals surface area contributed by atoms with Crippen LogP contribution in [0.2, 0.25) is 0 Å². The van der Waals surface area contributed by atoms with Gasteiger partial charge >= 0.3 is 0 Å². The minimum Gasteiger partial charge on any atom is -0.392 e. The summed E-state index contributed by atoms with van der Waals surface area (Å²) in [7, 11) is 0. The van der Waals surface area contributed by atoms with E-state index in [0.717, 1.165) is 32.4 Å². The van der Waals surface area contributed by atoms with Gasteiger partial charge in [-0.05, 0) is 19.3 Å². The molecule has 3 heteroatoms. The van der Waals surface area contributed by atoms with Crippen LogP contribution in [0.3, 0.4) is 0 Å². The molecular formula is C8H16N2O. The number of nitrogens with zero attached hydrogens (tertiary/aromatic N) is 1. The fourth-order valence-electron chi connectivity index (χ4n) is 2.03. The van der Waals surface area contributed by atoms with Gasteiger partial charge in [0, 0.05) is 25.2 Å². The van der Waals surface area contributed by atoms with Crippen LogP contribution in [0.15, 0.2) is 0 Å². The molecule has 0 aromatic heterocycles. The Kier molecular flexibility index (Phi) is 1.87. The van der Waals surface area contributed by atoms with E-state index in [1.807, 2.05) is 0 Å². The van der Waals surface area contributed by atoms with Gasteiger partial charge in [-0.15, -0.1) is 0 Å². The van der Waals surface area contributed by atoms with Crippen molar-refractivity contribution in [1.82, 2.24) is 4.90 Å². The number of rotatable bonds is 1. The Morgan fingerprint density at radius 2 is 2.09 bits per heavy atom. The maximum atomic E-state index is 9.26. The van der Waals surface area contributed by atoms with Crippen LogP contribution in [0, 0.1) is 0 Å². The van der Waals surface area contributed by atoms with E-state index >= 15 is 0 Å². The van der Waals surface area contributed by atoms with Crippen LogP contribution < -0.4 is 5.73 Å². The monoisotopic (exact) mass is 156 g/mol. The summed E-state index contributed by atoms with van der Waals surface area (Å²) in [5.74, 6) is 0. The maximum absolute atomic E-state index is 9.26. The van der Waals surface area contributed by atoms with Crippen molar-refractivity contribution in [2.24, 2.45) is 5.73 Å². The summed E-state index contributed by atoms with van der Waals surface area (Å²) in [5.41, 5.74) is 5.68. The number of aliphatic hydroxyl groups excluding tert-OH is 1. The van der Waals surface area contributed by atoms with Crippen molar-refractivity contribution in [3.05, 3.63) is 0 Å². The summed E-state index contributed by atoms with van der Waals surface area (Å²) in [6.45, 7) is 1.94. The third-order valence-electron chi connectivity index (χ3n) is 2.86. The number of hydrogen-bond acceptors (Lipinski definition) is 3. The summed E-state index contributed by atoms with van der Waals surface area (Å²) in [6, 6.07) is 1.11. The van der Waals surface area contributed by atoms with Gasteiger partial charge in [0.1, 0.15) is 0 Å². The molecule has 1 aliphatic carbocycles. The van der Waals surface area contributed by atoms with E-state index < -0.39 is 0 Å². The van der Waals surface area contributed by atoms with E-state index in [-0.39, 0.29) is 6.10 Å². The van der Waals surface area contributed by atoms with Gasteiger partial charge in [-0.25, -0.2) is 0 Å². The molecule has 2 fully saturated rings. The molecule has 0 bridgehead atoms. The van der Waals surface area contributed by atoms with Gasteiger partial charge in [0.25, 0.3) is 0 Å². The Balaban J connectivity index is 1.79. The molecule has 1 saturated heterocycles. The molecule has 64 valence electrons. The van der Waals surface area contributed by atoms with Gasteiger partial charge in [-0.3, -0.25) is 4.90 Å². The minimum absolute atomic E-state index is 0.0770. The molecule has 3 nitrogen and oxygen atoms in total. The molecule has 0 aromatic carbocycles. The van der Waals surface area contributed by atoms with E-state index in [4.69, 9.17) is 5.73 Å². The Morgan fingerprint density at radius 3 is 2.55 bits per heavy atom. The third-order valence-corrected chi connectivity index (χ3v) is 2.86. The molecule has 1 saturated carbocycles. The zero-order valence-corrected chi connectivity index (χ0v) is 6.74. The smallest absolute Gasteiger partial charge is 0.0679 e. The second-order valence-electron chi connectivity index (χ2n) is 3.82. The Bertz CT molecular complexity index is 145. The molecule has 0 spiro atoms. The summed E-state index contributed by atoms with van der Waals surface area (Å²) in [5, 5.41) is 9.26. The molecular weight excluding hydrogens is 140 g/mol. The number of aliphatic hydroxyl groups is 1. The Morgan fingerprint density at radius 1 is 1.36 bits per heavy atom. The highest BCUT2D eigenvalue weighted by Crippen LogP contribution is 2.26. The largest absolute Gasteiger partial charge is 0.392 e. The average molecular weight is 156 g/mol. The fraction of sp³-hybridized carbons (Fsp3) is 1.00. The highest BCUT2D eigenvalue weighted by Gasteiger charge is 2.34. The summed E-state index contributed by atoms with van der Waals surface area (Å²) >= 11 is 0. The lowest BCUT2D eigenvalue weighted by Crippen LogP contribution is -2.49. The first-order valence-electron chi connectivity index (χ1n) is 4.43. The van der Waals surface area contributed by atoms with Gasteiger partial charge in [0.15, 0.2) is 0 Å². The Hall–Kier alpha value is -0.120. The van der Waals surface area contributed by atoms with Crippen LogP contribution in [0.1, 0.15) is 19.3 Å². The zero-order chi connectivity index (χ0) is 7.84. The number of hydrogen-bond donors (Lipinski definition) is 2. The van der Waals surface area contributed by atoms with E-state index in [1.165, 1.54) is 0 Å². The average Bonchev–Trinajstić information content (AvgIpc) is 2.29. The second kappa shape index (κ2) is 2.73. The molecule has 2 aliphatic rings. The van der Waals surface area contributed by atoms with Crippen LogP contribution >= 0.6 is 0 Å².